The lowest BCUT2D eigenvalue weighted by molar-refractivity contribution is -0.116. The molecule has 0 unspecified atom stereocenters. The summed E-state index contributed by atoms with van der Waals surface area (Å²) in [6, 6.07) is 23.4. The Balaban J connectivity index is 1.14. The second kappa shape index (κ2) is 8.60. The Hall–Kier alpha value is -3.05. The number of rotatable bonds is 6. The van der Waals surface area contributed by atoms with E-state index in [0.717, 1.165) is 41.6 Å². The number of carbonyl (C=O) groups excluding carboxylic acids is 1. The molecule has 2 aliphatic heterocycles. The number of fused-ring (bicyclic) bond motifs is 1. The molecule has 2 saturated heterocycles. The van der Waals surface area contributed by atoms with Crippen molar-refractivity contribution in [3.8, 4) is 11.3 Å². The van der Waals surface area contributed by atoms with Gasteiger partial charge in [-0.15, -0.1) is 0 Å². The van der Waals surface area contributed by atoms with Crippen LogP contribution >= 0.6 is 0 Å². The fraction of sp³-hybridized carbons (Fsp3) is 0.346. The van der Waals surface area contributed by atoms with Crippen LogP contribution in [0.2, 0.25) is 0 Å². The summed E-state index contributed by atoms with van der Waals surface area (Å²) >= 11 is 0. The molecule has 0 aliphatic carbocycles. The van der Waals surface area contributed by atoms with Crippen LogP contribution in [-0.4, -0.2) is 48.5 Å². The molecule has 2 atom stereocenters. The Bertz CT molecular complexity index is 1030. The largest absolute Gasteiger partial charge is 0.367 e. The molecule has 2 fully saturated rings. The van der Waals surface area contributed by atoms with Gasteiger partial charge in [-0.2, -0.15) is 0 Å². The van der Waals surface area contributed by atoms with Crippen LogP contribution in [0.1, 0.15) is 18.5 Å². The Kier molecular flexibility index (Phi) is 5.51. The summed E-state index contributed by atoms with van der Waals surface area (Å²) in [5, 5.41) is 3.04. The molecule has 0 bridgehead atoms. The summed E-state index contributed by atoms with van der Waals surface area (Å²) in [4.78, 5) is 20.8. The standard InChI is InChI=1S/C26H30N4O/c1-29-17-20-15-16-30(25(20)18-29)23-11-7-22(8-12-23)28-26(31)14-10-21-9-13-24(27-21)19-5-3-2-4-6-19/h2-9,11-13,20,25,27H,10,14-18H2,1H3,(H,28,31)/t20-,25+/m0/s1. The Labute approximate surface area is 184 Å². The molecule has 160 valence electrons. The highest BCUT2D eigenvalue weighted by atomic mass is 16.1. The first-order valence-electron chi connectivity index (χ1n) is 11.2. The number of H-pyrrole nitrogens is 1. The maximum absolute atomic E-state index is 12.4. The van der Waals surface area contributed by atoms with Crippen molar-refractivity contribution < 1.29 is 4.79 Å². The van der Waals surface area contributed by atoms with E-state index in [0.29, 0.717) is 18.9 Å². The Morgan fingerprint density at radius 2 is 1.84 bits per heavy atom. The lowest BCUT2D eigenvalue weighted by Gasteiger charge is -2.26. The van der Waals surface area contributed by atoms with Crippen LogP contribution in [0.4, 0.5) is 11.4 Å². The molecule has 2 aromatic carbocycles. The number of hydrogen-bond acceptors (Lipinski definition) is 3. The number of nitrogens with zero attached hydrogens (tertiary/aromatic N) is 2. The van der Waals surface area contributed by atoms with Crippen LogP contribution < -0.4 is 10.2 Å². The summed E-state index contributed by atoms with van der Waals surface area (Å²) < 4.78 is 0. The summed E-state index contributed by atoms with van der Waals surface area (Å²) in [5.74, 6) is 0.835. The van der Waals surface area contributed by atoms with E-state index in [1.165, 1.54) is 18.7 Å². The summed E-state index contributed by atoms with van der Waals surface area (Å²) in [7, 11) is 2.21. The molecule has 5 nitrogen and oxygen atoms in total. The number of carbonyl (C=O) groups is 1. The molecular weight excluding hydrogens is 384 g/mol. The highest BCUT2D eigenvalue weighted by Gasteiger charge is 2.39. The predicted molar refractivity (Wildman–Crippen MR) is 126 cm³/mol. The third-order valence-electron chi connectivity index (χ3n) is 6.67. The van der Waals surface area contributed by atoms with Crippen molar-refractivity contribution in [2.24, 2.45) is 5.92 Å². The summed E-state index contributed by atoms with van der Waals surface area (Å²) in [5.41, 5.74) is 5.45. The van der Waals surface area contributed by atoms with E-state index in [1.807, 2.05) is 30.3 Å². The molecule has 1 aromatic heterocycles. The fourth-order valence-corrected chi connectivity index (χ4v) is 5.07. The topological polar surface area (TPSA) is 51.4 Å². The molecule has 2 aliphatic rings. The third kappa shape index (κ3) is 4.37. The highest BCUT2D eigenvalue weighted by Crippen LogP contribution is 2.34. The average molecular weight is 415 g/mol. The van der Waals surface area contributed by atoms with Crippen molar-refractivity contribution in [2.45, 2.75) is 25.3 Å². The first-order valence-corrected chi connectivity index (χ1v) is 11.2. The lowest BCUT2D eigenvalue weighted by atomic mass is 10.0. The molecule has 2 N–H and O–H groups in total. The second-order valence-electron chi connectivity index (χ2n) is 8.89. The minimum Gasteiger partial charge on any atom is -0.367 e. The molecule has 1 amide bonds. The molecule has 31 heavy (non-hydrogen) atoms. The van der Waals surface area contributed by atoms with Gasteiger partial charge in [0.1, 0.15) is 0 Å². The van der Waals surface area contributed by atoms with Crippen molar-refractivity contribution in [2.75, 3.05) is 36.9 Å². The van der Waals surface area contributed by atoms with Gasteiger partial charge in [-0.1, -0.05) is 30.3 Å². The molecule has 3 aromatic rings. The van der Waals surface area contributed by atoms with E-state index in [-0.39, 0.29) is 5.91 Å². The SMILES string of the molecule is CN1C[C@@H]2CCN(c3ccc(NC(=O)CCc4ccc(-c5ccccc5)[nH]4)cc3)[C@@H]2C1. The van der Waals surface area contributed by atoms with Crippen LogP contribution in [0.5, 0.6) is 0 Å². The number of likely N-dealkylation sites (tertiary alicyclic amines) is 1. The summed E-state index contributed by atoms with van der Waals surface area (Å²) in [6.45, 7) is 3.49. The number of benzene rings is 2. The van der Waals surface area contributed by atoms with Gasteiger partial charge in [0.15, 0.2) is 0 Å². The van der Waals surface area contributed by atoms with Gasteiger partial charge in [0.25, 0.3) is 0 Å². The van der Waals surface area contributed by atoms with Gasteiger partial charge in [-0.3, -0.25) is 4.79 Å². The van der Waals surface area contributed by atoms with E-state index < -0.39 is 0 Å². The molecule has 0 spiro atoms. The molecule has 3 heterocycles. The van der Waals surface area contributed by atoms with Gasteiger partial charge >= 0.3 is 0 Å². The molecule has 0 radical (unpaired) electrons. The van der Waals surface area contributed by atoms with Gasteiger partial charge in [-0.05, 0) is 67.8 Å². The van der Waals surface area contributed by atoms with E-state index in [1.54, 1.807) is 0 Å². The van der Waals surface area contributed by atoms with Crippen molar-refractivity contribution in [3.05, 3.63) is 72.4 Å². The molecular formula is C26H30N4O. The zero-order chi connectivity index (χ0) is 21.2. The number of hydrogen-bond donors (Lipinski definition) is 2. The lowest BCUT2D eigenvalue weighted by Crippen LogP contribution is -2.34. The first-order chi connectivity index (χ1) is 15.2. The second-order valence-corrected chi connectivity index (χ2v) is 8.89. The Morgan fingerprint density at radius 1 is 1.03 bits per heavy atom. The molecule has 5 heteroatoms. The van der Waals surface area contributed by atoms with Gasteiger partial charge in [-0.25, -0.2) is 0 Å². The van der Waals surface area contributed by atoms with E-state index >= 15 is 0 Å². The number of anilines is 2. The maximum atomic E-state index is 12.4. The van der Waals surface area contributed by atoms with E-state index in [2.05, 4.69) is 63.5 Å². The van der Waals surface area contributed by atoms with Crippen molar-refractivity contribution in [1.29, 1.82) is 0 Å². The van der Waals surface area contributed by atoms with Gasteiger partial charge in [0.2, 0.25) is 5.91 Å². The number of aryl methyl sites for hydroxylation is 1. The number of aromatic nitrogens is 1. The van der Waals surface area contributed by atoms with Crippen molar-refractivity contribution in [3.63, 3.8) is 0 Å². The van der Waals surface area contributed by atoms with Crippen molar-refractivity contribution >= 4 is 17.3 Å². The number of nitrogens with one attached hydrogen (secondary N) is 2. The van der Waals surface area contributed by atoms with Crippen LogP contribution in [0.3, 0.4) is 0 Å². The molecule has 0 saturated carbocycles. The Morgan fingerprint density at radius 3 is 2.65 bits per heavy atom. The predicted octanol–water partition coefficient (Wildman–Crippen LogP) is 4.39. The van der Waals surface area contributed by atoms with E-state index in [9.17, 15) is 4.79 Å². The van der Waals surface area contributed by atoms with Crippen LogP contribution in [-0.2, 0) is 11.2 Å². The number of likely N-dealkylation sites (N-methyl/N-ethyl adjacent to an activating group) is 1. The monoisotopic (exact) mass is 414 g/mol. The van der Waals surface area contributed by atoms with Crippen LogP contribution in [0.25, 0.3) is 11.3 Å². The van der Waals surface area contributed by atoms with Crippen LogP contribution in [0.15, 0.2) is 66.7 Å². The van der Waals surface area contributed by atoms with Crippen molar-refractivity contribution in [1.82, 2.24) is 9.88 Å². The average Bonchev–Trinajstić information content (AvgIpc) is 3.49. The highest BCUT2D eigenvalue weighted by molar-refractivity contribution is 5.91. The summed E-state index contributed by atoms with van der Waals surface area (Å²) in [6.07, 6.45) is 2.43. The smallest absolute Gasteiger partial charge is 0.224 e. The normalized spacial score (nSPS) is 20.7. The maximum Gasteiger partial charge on any atom is 0.224 e. The molecule has 5 rings (SSSR count). The minimum absolute atomic E-state index is 0.0438. The zero-order valence-corrected chi connectivity index (χ0v) is 18.1. The number of amides is 1. The van der Waals surface area contributed by atoms with Crippen LogP contribution in [0, 0.1) is 5.92 Å². The quantitative estimate of drug-likeness (QED) is 0.629. The third-order valence-corrected chi connectivity index (χ3v) is 6.67. The fourth-order valence-electron chi connectivity index (χ4n) is 5.07. The van der Waals surface area contributed by atoms with Gasteiger partial charge < -0.3 is 20.1 Å². The minimum atomic E-state index is 0.0438. The van der Waals surface area contributed by atoms with Gasteiger partial charge in [0, 0.05) is 54.9 Å². The number of aromatic amines is 1. The van der Waals surface area contributed by atoms with Gasteiger partial charge in [0.05, 0.1) is 0 Å². The zero-order valence-electron chi connectivity index (χ0n) is 18.1. The van der Waals surface area contributed by atoms with E-state index in [4.69, 9.17) is 0 Å². The first kappa shape index (κ1) is 19.9.